The lowest BCUT2D eigenvalue weighted by molar-refractivity contribution is 0.273. The topological polar surface area (TPSA) is 65.0 Å². The number of sulfonamides is 1. The molecule has 8 heteroatoms. The van der Waals surface area contributed by atoms with Gasteiger partial charge in [0, 0.05) is 39.8 Å². The number of nitrogens with zero attached hydrogens (tertiary/aromatic N) is 3. The number of hydrogen-bond acceptors (Lipinski definition) is 3. The highest BCUT2D eigenvalue weighted by Crippen LogP contribution is 2.21. The average molecular weight is 506 g/mol. The molecule has 2 aliphatic rings. The number of rotatable bonds is 4. The van der Waals surface area contributed by atoms with Gasteiger partial charge in [0.25, 0.3) is 0 Å². The minimum Gasteiger partial charge on any atom is -0.352 e. The molecule has 6 nitrogen and oxygen atoms in total. The second kappa shape index (κ2) is 10.1. The van der Waals surface area contributed by atoms with Crippen molar-refractivity contribution in [3.05, 3.63) is 29.8 Å². The smallest absolute Gasteiger partial charge is 0.243 e. The fourth-order valence-corrected chi connectivity index (χ4v) is 5.11. The first-order chi connectivity index (χ1) is 12.5. The van der Waals surface area contributed by atoms with Gasteiger partial charge in [-0.25, -0.2) is 8.42 Å². The molecule has 2 saturated heterocycles. The molecule has 0 atom stereocenters. The van der Waals surface area contributed by atoms with E-state index < -0.39 is 10.0 Å². The van der Waals surface area contributed by atoms with E-state index in [0.29, 0.717) is 24.5 Å². The Hall–Kier alpha value is -0.870. The lowest BCUT2D eigenvalue weighted by Gasteiger charge is -2.32. The second-order valence-corrected chi connectivity index (χ2v) is 9.26. The zero-order valence-electron chi connectivity index (χ0n) is 16.2. The van der Waals surface area contributed by atoms with E-state index in [4.69, 9.17) is 0 Å². The maximum absolute atomic E-state index is 12.6. The van der Waals surface area contributed by atoms with Gasteiger partial charge < -0.3 is 10.2 Å². The molecule has 0 bridgehead atoms. The maximum Gasteiger partial charge on any atom is 0.243 e. The molecule has 0 unspecified atom stereocenters. The molecule has 2 fully saturated rings. The van der Waals surface area contributed by atoms with Gasteiger partial charge in [-0.05, 0) is 49.3 Å². The van der Waals surface area contributed by atoms with E-state index in [2.05, 4.69) is 22.1 Å². The summed E-state index contributed by atoms with van der Waals surface area (Å²) < 4.78 is 26.7. The number of guanidine groups is 1. The summed E-state index contributed by atoms with van der Waals surface area (Å²) in [5, 5.41) is 3.40. The monoisotopic (exact) mass is 506 g/mol. The number of hydrogen-bond donors (Lipinski definition) is 1. The molecular formula is C19H31IN4O2S. The number of likely N-dealkylation sites (tertiary alicyclic amines) is 1. The summed E-state index contributed by atoms with van der Waals surface area (Å²) >= 11 is 0. The van der Waals surface area contributed by atoms with Gasteiger partial charge in [-0.15, -0.1) is 24.0 Å². The minimum atomic E-state index is -3.33. The van der Waals surface area contributed by atoms with Crippen LogP contribution in [0.4, 0.5) is 0 Å². The molecule has 1 N–H and O–H groups in total. The van der Waals surface area contributed by atoms with Gasteiger partial charge in [0.1, 0.15) is 0 Å². The highest BCUT2D eigenvalue weighted by Gasteiger charge is 2.26. The van der Waals surface area contributed by atoms with Crippen LogP contribution in [0.2, 0.25) is 0 Å². The van der Waals surface area contributed by atoms with Crippen molar-refractivity contribution < 1.29 is 8.42 Å². The zero-order valence-corrected chi connectivity index (χ0v) is 19.4. The Labute approximate surface area is 180 Å². The molecule has 152 valence electrons. The van der Waals surface area contributed by atoms with Gasteiger partial charge in [0.2, 0.25) is 10.0 Å². The van der Waals surface area contributed by atoms with Crippen LogP contribution in [0.3, 0.4) is 0 Å². The van der Waals surface area contributed by atoms with Gasteiger partial charge in [-0.2, -0.15) is 4.31 Å². The van der Waals surface area contributed by atoms with Gasteiger partial charge >= 0.3 is 0 Å². The highest BCUT2D eigenvalue weighted by atomic mass is 127. The van der Waals surface area contributed by atoms with Gasteiger partial charge in [0.15, 0.2) is 5.96 Å². The molecule has 3 rings (SSSR count). The van der Waals surface area contributed by atoms with Crippen LogP contribution in [0.15, 0.2) is 34.2 Å². The van der Waals surface area contributed by atoms with E-state index in [1.165, 1.54) is 12.8 Å². The fraction of sp³-hybridized carbons (Fsp3) is 0.632. The van der Waals surface area contributed by atoms with Crippen LogP contribution in [-0.2, 0) is 16.6 Å². The summed E-state index contributed by atoms with van der Waals surface area (Å²) in [4.78, 5) is 7.07. The number of aliphatic imine (C=N–C) groups is 1. The van der Waals surface area contributed by atoms with Crippen LogP contribution >= 0.6 is 24.0 Å². The van der Waals surface area contributed by atoms with Gasteiger partial charge in [-0.1, -0.05) is 19.1 Å². The largest absolute Gasteiger partial charge is 0.352 e. The van der Waals surface area contributed by atoms with Crippen molar-refractivity contribution in [1.29, 1.82) is 0 Å². The van der Waals surface area contributed by atoms with Crippen LogP contribution in [0.25, 0.3) is 0 Å². The molecule has 2 heterocycles. The van der Waals surface area contributed by atoms with E-state index in [0.717, 1.165) is 43.4 Å². The number of nitrogens with one attached hydrogen (secondary N) is 1. The van der Waals surface area contributed by atoms with Gasteiger partial charge in [-0.3, -0.25) is 4.99 Å². The van der Waals surface area contributed by atoms with Crippen molar-refractivity contribution in [3.8, 4) is 0 Å². The molecule has 1 aromatic carbocycles. The summed E-state index contributed by atoms with van der Waals surface area (Å²) in [7, 11) is -1.52. The van der Waals surface area contributed by atoms with E-state index in [-0.39, 0.29) is 24.0 Å². The van der Waals surface area contributed by atoms with E-state index in [9.17, 15) is 8.42 Å². The highest BCUT2D eigenvalue weighted by molar-refractivity contribution is 14.0. The minimum absolute atomic E-state index is 0. The summed E-state index contributed by atoms with van der Waals surface area (Å²) in [6.07, 6.45) is 4.30. The molecule has 0 aromatic heterocycles. The molecule has 27 heavy (non-hydrogen) atoms. The predicted octanol–water partition coefficient (Wildman–Crippen LogP) is 2.90. The average Bonchev–Trinajstić information content (AvgIpc) is 3.20. The Balaban J connectivity index is 0.00000261. The third kappa shape index (κ3) is 5.57. The maximum atomic E-state index is 12.6. The van der Waals surface area contributed by atoms with E-state index >= 15 is 0 Å². The molecule has 0 aliphatic carbocycles. The first kappa shape index (κ1) is 22.4. The SMILES string of the molecule is CN=C(NCc1ccc(S(=O)(=O)N2CCCC2)cc1)N1CCC(C)CC1.I. The lowest BCUT2D eigenvalue weighted by atomic mass is 10.00. The summed E-state index contributed by atoms with van der Waals surface area (Å²) in [5.41, 5.74) is 1.05. The molecule has 0 amide bonds. The standard InChI is InChI=1S/C19H30N4O2S.HI/c1-16-9-13-22(14-10-16)19(20-2)21-15-17-5-7-18(8-6-17)26(24,25)23-11-3-4-12-23;/h5-8,16H,3-4,9-15H2,1-2H3,(H,20,21);1H. The number of halogens is 1. The van der Waals surface area contributed by atoms with Crippen LogP contribution in [0, 0.1) is 5.92 Å². The van der Waals surface area contributed by atoms with Crippen LogP contribution in [0.5, 0.6) is 0 Å². The second-order valence-electron chi connectivity index (χ2n) is 7.33. The Kier molecular flexibility index (Phi) is 8.36. The van der Waals surface area contributed by atoms with Crippen LogP contribution < -0.4 is 5.32 Å². The number of benzene rings is 1. The molecule has 0 radical (unpaired) electrons. The first-order valence-corrected chi connectivity index (χ1v) is 11.0. The van der Waals surface area contributed by atoms with Crippen molar-refractivity contribution >= 4 is 40.0 Å². The Morgan fingerprint density at radius 2 is 1.70 bits per heavy atom. The summed E-state index contributed by atoms with van der Waals surface area (Å²) in [6.45, 7) is 6.28. The van der Waals surface area contributed by atoms with Gasteiger partial charge in [0.05, 0.1) is 4.90 Å². The molecule has 1 aromatic rings. The number of piperidine rings is 1. The third-order valence-corrected chi connectivity index (χ3v) is 7.28. The van der Waals surface area contributed by atoms with E-state index in [1.54, 1.807) is 16.4 Å². The molecule has 2 aliphatic heterocycles. The Morgan fingerprint density at radius 1 is 1.11 bits per heavy atom. The van der Waals surface area contributed by atoms with Crippen LogP contribution in [-0.4, -0.2) is 56.8 Å². The van der Waals surface area contributed by atoms with Crippen molar-refractivity contribution in [2.75, 3.05) is 33.2 Å². The predicted molar refractivity (Wildman–Crippen MR) is 120 cm³/mol. The summed E-state index contributed by atoms with van der Waals surface area (Å²) in [6, 6.07) is 7.22. The normalized spacial score (nSPS) is 19.8. The molecule has 0 spiro atoms. The summed E-state index contributed by atoms with van der Waals surface area (Å²) in [5.74, 6) is 1.71. The quantitative estimate of drug-likeness (QED) is 0.388. The lowest BCUT2D eigenvalue weighted by Crippen LogP contribution is -2.45. The first-order valence-electron chi connectivity index (χ1n) is 9.55. The van der Waals surface area contributed by atoms with Crippen molar-refractivity contribution in [2.24, 2.45) is 10.9 Å². The zero-order chi connectivity index (χ0) is 18.6. The van der Waals surface area contributed by atoms with Crippen molar-refractivity contribution in [2.45, 2.75) is 44.0 Å². The molecule has 0 saturated carbocycles. The van der Waals surface area contributed by atoms with E-state index in [1.807, 2.05) is 19.2 Å². The molecular weight excluding hydrogens is 475 g/mol. The van der Waals surface area contributed by atoms with Crippen molar-refractivity contribution in [1.82, 2.24) is 14.5 Å². The van der Waals surface area contributed by atoms with Crippen molar-refractivity contribution in [3.63, 3.8) is 0 Å². The Bertz CT molecular complexity index is 723. The fourth-order valence-electron chi connectivity index (χ4n) is 3.59. The third-order valence-electron chi connectivity index (χ3n) is 5.37. The van der Waals surface area contributed by atoms with Crippen LogP contribution in [0.1, 0.15) is 38.2 Å². The Morgan fingerprint density at radius 3 is 2.26 bits per heavy atom.